The molecule has 1 aromatic heterocycles. The molecule has 11 heteroatoms. The molecule has 0 amide bonds. The molecule has 0 saturated heterocycles. The van der Waals surface area contributed by atoms with Gasteiger partial charge in [-0.25, -0.2) is 4.39 Å². The predicted molar refractivity (Wildman–Crippen MR) is 76.3 cm³/mol. The molecule has 0 aliphatic rings. The first-order chi connectivity index (χ1) is 10.9. The number of aliphatic carboxylic acids is 1. The van der Waals surface area contributed by atoms with E-state index in [4.69, 9.17) is 5.73 Å². The number of nitrogens with zero attached hydrogens (tertiary/aromatic N) is 3. The minimum atomic E-state index is -1.44. The van der Waals surface area contributed by atoms with Crippen LogP contribution in [0.15, 0.2) is 24.3 Å². The van der Waals surface area contributed by atoms with Gasteiger partial charge in [0.25, 0.3) is 0 Å². The number of halogens is 1. The van der Waals surface area contributed by atoms with Crippen molar-refractivity contribution in [2.45, 2.75) is 0 Å². The third-order valence-corrected chi connectivity index (χ3v) is 2.61. The molecule has 4 N–H and O–H groups in total. The molecule has 10 nitrogen and oxygen atoms in total. The fourth-order valence-corrected chi connectivity index (χ4v) is 1.66. The quantitative estimate of drug-likeness (QED) is 0.492. The maximum Gasteiger partial charge on any atom is 0.353 e. The van der Waals surface area contributed by atoms with Crippen LogP contribution in [0.2, 0.25) is 0 Å². The maximum atomic E-state index is 13.7. The number of nitrogens with one attached hydrogen (secondary N) is 2. The van der Waals surface area contributed by atoms with Crippen LogP contribution in [0.4, 0.5) is 33.3 Å². The van der Waals surface area contributed by atoms with Crippen LogP contribution < -0.4 is 21.5 Å². The Morgan fingerprint density at radius 2 is 2.04 bits per heavy atom. The zero-order valence-corrected chi connectivity index (χ0v) is 11.4. The van der Waals surface area contributed by atoms with Crippen LogP contribution in [-0.2, 0) is 4.79 Å². The molecule has 1 heterocycles. The van der Waals surface area contributed by atoms with E-state index >= 15 is 0 Å². The summed E-state index contributed by atoms with van der Waals surface area (Å²) >= 11 is 0. The van der Waals surface area contributed by atoms with Crippen LogP contribution in [0, 0.1) is 15.9 Å². The monoisotopic (exact) mass is 321 g/mol. The first kappa shape index (κ1) is 15.9. The Morgan fingerprint density at radius 1 is 1.35 bits per heavy atom. The second-order valence-corrected chi connectivity index (χ2v) is 4.22. The number of carbonyl (C=O) groups is 1. The fourth-order valence-electron chi connectivity index (χ4n) is 1.66. The van der Waals surface area contributed by atoms with Crippen molar-refractivity contribution in [3.05, 3.63) is 40.2 Å². The second kappa shape index (κ2) is 6.51. The molecule has 120 valence electrons. The first-order valence-electron chi connectivity index (χ1n) is 6.15. The summed E-state index contributed by atoms with van der Waals surface area (Å²) < 4.78 is 13.7. The number of rotatable bonds is 6. The van der Waals surface area contributed by atoms with Crippen molar-refractivity contribution in [2.24, 2.45) is 0 Å². The summed E-state index contributed by atoms with van der Waals surface area (Å²) in [7, 11) is 0. The molecule has 23 heavy (non-hydrogen) atoms. The van der Waals surface area contributed by atoms with Gasteiger partial charge in [0, 0.05) is 0 Å². The Kier molecular flexibility index (Phi) is 4.50. The summed E-state index contributed by atoms with van der Waals surface area (Å²) in [4.78, 5) is 28.0. The van der Waals surface area contributed by atoms with Crippen molar-refractivity contribution in [3.8, 4) is 0 Å². The van der Waals surface area contributed by atoms with E-state index in [0.717, 1.165) is 6.07 Å². The minimum absolute atomic E-state index is 0.0699. The number of hydrogen-bond donors (Lipinski definition) is 3. The molecule has 2 aromatic rings. The molecule has 0 unspecified atom stereocenters. The summed E-state index contributed by atoms with van der Waals surface area (Å²) in [5, 5.41) is 26.2. The van der Waals surface area contributed by atoms with Gasteiger partial charge >= 0.3 is 5.69 Å². The second-order valence-electron chi connectivity index (χ2n) is 4.22. The van der Waals surface area contributed by atoms with Crippen LogP contribution >= 0.6 is 0 Å². The van der Waals surface area contributed by atoms with Crippen molar-refractivity contribution in [3.63, 3.8) is 0 Å². The topological polar surface area (TPSA) is 159 Å². The van der Waals surface area contributed by atoms with Gasteiger partial charge in [0.1, 0.15) is 5.82 Å². The third-order valence-electron chi connectivity index (χ3n) is 2.61. The number of carboxylic acid groups (broad SMARTS) is 1. The molecular weight excluding hydrogens is 311 g/mol. The molecule has 0 aliphatic carbocycles. The van der Waals surface area contributed by atoms with Gasteiger partial charge in [-0.05, 0) is 12.1 Å². The van der Waals surface area contributed by atoms with Crippen molar-refractivity contribution in [1.29, 1.82) is 0 Å². The van der Waals surface area contributed by atoms with E-state index in [0.29, 0.717) is 0 Å². The van der Waals surface area contributed by atoms with E-state index in [-0.39, 0.29) is 17.5 Å². The van der Waals surface area contributed by atoms with E-state index in [1.54, 1.807) is 0 Å². The van der Waals surface area contributed by atoms with Crippen LogP contribution in [0.25, 0.3) is 0 Å². The Balaban J connectivity index is 2.43. The Morgan fingerprint density at radius 3 is 2.65 bits per heavy atom. The number of aromatic nitrogens is 2. The van der Waals surface area contributed by atoms with Gasteiger partial charge in [-0.15, -0.1) is 0 Å². The van der Waals surface area contributed by atoms with Crippen LogP contribution in [0.3, 0.4) is 0 Å². The lowest BCUT2D eigenvalue weighted by Gasteiger charge is -2.11. The molecule has 0 bridgehead atoms. The number of para-hydroxylation sites is 1. The van der Waals surface area contributed by atoms with Crippen molar-refractivity contribution >= 4 is 34.9 Å². The lowest BCUT2D eigenvalue weighted by atomic mass is 10.3. The molecule has 1 aromatic carbocycles. The van der Waals surface area contributed by atoms with Crippen LogP contribution in [-0.4, -0.2) is 27.4 Å². The standard InChI is InChI=1S/C12H11FN6O4/c13-6-3-1-2-4-7(6)16-11-9(19(22)23)10(14)17-12(18-11)15-5-8(20)21/h1-4H,5H2,(H,20,21)(H4,14,15,16,17,18)/p-1. The maximum absolute atomic E-state index is 13.7. The smallest absolute Gasteiger partial charge is 0.353 e. The number of nitrogens with two attached hydrogens (primary N) is 1. The van der Waals surface area contributed by atoms with E-state index in [1.165, 1.54) is 18.2 Å². The number of carboxylic acids is 1. The van der Waals surface area contributed by atoms with Crippen molar-refractivity contribution in [1.82, 2.24) is 9.97 Å². The van der Waals surface area contributed by atoms with Gasteiger partial charge in [-0.3, -0.25) is 10.1 Å². The first-order valence-corrected chi connectivity index (χ1v) is 6.15. The summed E-state index contributed by atoms with van der Waals surface area (Å²) in [6, 6.07) is 5.44. The molecule has 0 radical (unpaired) electrons. The molecule has 2 rings (SSSR count). The van der Waals surface area contributed by atoms with Gasteiger partial charge in [0.2, 0.25) is 17.6 Å². The fraction of sp³-hybridized carbons (Fsp3) is 0.0833. The Hall–Kier alpha value is -3.50. The number of nitrogen functional groups attached to an aromatic ring is 1. The van der Waals surface area contributed by atoms with Gasteiger partial charge in [-0.1, -0.05) is 12.1 Å². The van der Waals surface area contributed by atoms with Crippen molar-refractivity contribution < 1.29 is 19.2 Å². The van der Waals surface area contributed by atoms with E-state index in [9.17, 15) is 24.4 Å². The third kappa shape index (κ3) is 3.78. The average molecular weight is 321 g/mol. The summed E-state index contributed by atoms with van der Waals surface area (Å²) in [5.74, 6) is -3.27. The zero-order chi connectivity index (χ0) is 17.0. The highest BCUT2D eigenvalue weighted by molar-refractivity contribution is 5.75. The molecule has 0 fully saturated rings. The minimum Gasteiger partial charge on any atom is -0.548 e. The van der Waals surface area contributed by atoms with E-state index in [2.05, 4.69) is 20.6 Å². The Bertz CT molecular complexity index is 769. The zero-order valence-electron chi connectivity index (χ0n) is 11.4. The largest absolute Gasteiger partial charge is 0.548 e. The van der Waals surface area contributed by atoms with E-state index in [1.807, 2.05) is 0 Å². The lowest BCUT2D eigenvalue weighted by molar-refractivity contribution is -0.383. The number of carbonyl (C=O) groups excluding carboxylic acids is 1. The number of benzene rings is 1. The van der Waals surface area contributed by atoms with Crippen molar-refractivity contribution in [2.75, 3.05) is 22.9 Å². The highest BCUT2D eigenvalue weighted by Gasteiger charge is 2.23. The highest BCUT2D eigenvalue weighted by Crippen LogP contribution is 2.31. The van der Waals surface area contributed by atoms with E-state index < -0.39 is 34.8 Å². The number of nitro groups is 1. The summed E-state index contributed by atoms with van der Waals surface area (Å²) in [6.07, 6.45) is 0. The highest BCUT2D eigenvalue weighted by atomic mass is 19.1. The summed E-state index contributed by atoms with van der Waals surface area (Å²) in [6.45, 7) is -0.629. The molecule has 0 saturated carbocycles. The molecule has 0 atom stereocenters. The van der Waals surface area contributed by atoms with Gasteiger partial charge in [0.15, 0.2) is 0 Å². The van der Waals surface area contributed by atoms with Gasteiger partial charge in [-0.2, -0.15) is 9.97 Å². The normalized spacial score (nSPS) is 10.1. The predicted octanol–water partition coefficient (Wildman–Crippen LogP) is 0.0115. The average Bonchev–Trinajstić information content (AvgIpc) is 2.46. The van der Waals surface area contributed by atoms with Crippen LogP contribution in [0.1, 0.15) is 0 Å². The van der Waals surface area contributed by atoms with Gasteiger partial charge < -0.3 is 26.3 Å². The van der Waals surface area contributed by atoms with Gasteiger partial charge in [0.05, 0.1) is 23.1 Å². The molecular formula is C12H10FN6O4-. The lowest BCUT2D eigenvalue weighted by Crippen LogP contribution is -2.30. The number of hydrogen-bond acceptors (Lipinski definition) is 9. The van der Waals surface area contributed by atoms with Crippen LogP contribution in [0.5, 0.6) is 0 Å². The molecule has 0 spiro atoms. The number of anilines is 4. The molecule has 0 aliphatic heterocycles. The summed E-state index contributed by atoms with van der Waals surface area (Å²) in [5.41, 5.74) is 4.76. The Labute approximate surface area is 128 Å². The SMILES string of the molecule is Nc1nc(NCC(=O)[O-])nc(Nc2ccccc2F)c1[N+](=O)[O-].